The number of para-hydroxylation sites is 2. The van der Waals surface area contributed by atoms with Crippen molar-refractivity contribution in [2.75, 3.05) is 5.73 Å². The van der Waals surface area contributed by atoms with Gasteiger partial charge in [0.1, 0.15) is 0 Å². The Labute approximate surface area is 127 Å². The number of nitrogens with two attached hydrogens (primary N) is 1. The molecule has 0 bridgehead atoms. The number of imidazole rings is 1. The summed E-state index contributed by atoms with van der Waals surface area (Å²) in [6.07, 6.45) is 0. The topological polar surface area (TPSA) is 43.8 Å². The van der Waals surface area contributed by atoms with Gasteiger partial charge in [0.05, 0.1) is 17.6 Å². The van der Waals surface area contributed by atoms with E-state index in [1.807, 2.05) is 74.7 Å². The number of benzene rings is 2. The van der Waals surface area contributed by atoms with Gasteiger partial charge < -0.3 is 10.3 Å². The molecule has 21 heavy (non-hydrogen) atoms. The van der Waals surface area contributed by atoms with Crippen LogP contribution >= 0.6 is 0 Å². The molecule has 0 saturated carbocycles. The number of aromatic nitrogens is 2. The van der Waals surface area contributed by atoms with E-state index in [9.17, 15) is 0 Å². The molecule has 1 aromatic heterocycles. The highest BCUT2D eigenvalue weighted by Gasteiger charge is 2.07. The van der Waals surface area contributed by atoms with Gasteiger partial charge in [-0.1, -0.05) is 70.2 Å². The van der Waals surface area contributed by atoms with Crippen LogP contribution < -0.4 is 5.73 Å². The van der Waals surface area contributed by atoms with E-state index in [0.29, 0.717) is 5.95 Å². The van der Waals surface area contributed by atoms with Crippen LogP contribution in [0.25, 0.3) is 11.0 Å². The molecule has 1 heterocycles. The Hall–Kier alpha value is -2.29. The molecule has 0 aliphatic carbocycles. The molecule has 0 aliphatic rings. The van der Waals surface area contributed by atoms with Crippen molar-refractivity contribution < 1.29 is 0 Å². The quantitative estimate of drug-likeness (QED) is 0.739. The van der Waals surface area contributed by atoms with E-state index < -0.39 is 0 Å². The predicted molar refractivity (Wildman–Crippen MR) is 92.4 cm³/mol. The molecule has 0 atom stereocenters. The minimum atomic E-state index is 0.565. The van der Waals surface area contributed by atoms with Gasteiger partial charge in [0, 0.05) is 0 Å². The molecule has 3 rings (SSSR count). The summed E-state index contributed by atoms with van der Waals surface area (Å²) >= 11 is 0. The first-order valence-electron chi connectivity index (χ1n) is 7.59. The van der Waals surface area contributed by atoms with Crippen molar-refractivity contribution in [3.63, 3.8) is 0 Å². The standard InChI is InChI=1S/C14H13N3.2C2H6/c15-14-16-12-8-4-5-9-13(12)17(14)10-11-6-2-1-3-7-11;2*1-2/h1-9H,10H2,(H2,15,16);2*1-2H3. The van der Waals surface area contributed by atoms with Crippen LogP contribution in [0, 0.1) is 0 Å². The van der Waals surface area contributed by atoms with Crippen molar-refractivity contribution in [1.82, 2.24) is 9.55 Å². The number of nitrogens with zero attached hydrogens (tertiary/aromatic N) is 2. The smallest absolute Gasteiger partial charge is 0.201 e. The third-order valence-electron chi connectivity index (χ3n) is 2.87. The Morgan fingerprint density at radius 3 is 2.10 bits per heavy atom. The normalized spacial score (nSPS) is 9.33. The van der Waals surface area contributed by atoms with E-state index >= 15 is 0 Å². The van der Waals surface area contributed by atoms with Crippen molar-refractivity contribution in [3.05, 3.63) is 60.2 Å². The lowest BCUT2D eigenvalue weighted by Gasteiger charge is -2.06. The Kier molecular flexibility index (Phi) is 7.02. The second-order valence-corrected chi connectivity index (χ2v) is 4.03. The lowest BCUT2D eigenvalue weighted by molar-refractivity contribution is 0.838. The molecule has 2 aromatic carbocycles. The number of fused-ring (bicyclic) bond motifs is 1. The van der Waals surface area contributed by atoms with Gasteiger partial charge in [-0.05, 0) is 17.7 Å². The van der Waals surface area contributed by atoms with E-state index in [0.717, 1.165) is 17.6 Å². The van der Waals surface area contributed by atoms with Crippen LogP contribution in [0.15, 0.2) is 54.6 Å². The van der Waals surface area contributed by atoms with Crippen LogP contribution in [0.1, 0.15) is 33.3 Å². The first-order valence-corrected chi connectivity index (χ1v) is 7.59. The maximum atomic E-state index is 5.95. The molecule has 0 spiro atoms. The minimum Gasteiger partial charge on any atom is -0.369 e. The number of rotatable bonds is 2. The molecule has 3 nitrogen and oxygen atoms in total. The zero-order valence-corrected chi connectivity index (χ0v) is 13.4. The summed E-state index contributed by atoms with van der Waals surface area (Å²) in [5.41, 5.74) is 9.20. The summed E-state index contributed by atoms with van der Waals surface area (Å²) in [5, 5.41) is 0. The Morgan fingerprint density at radius 1 is 0.857 bits per heavy atom. The van der Waals surface area contributed by atoms with Gasteiger partial charge in [-0.2, -0.15) is 0 Å². The number of hydrogen-bond acceptors (Lipinski definition) is 2. The molecule has 2 N–H and O–H groups in total. The molecule has 0 fully saturated rings. The highest BCUT2D eigenvalue weighted by molar-refractivity contribution is 5.78. The summed E-state index contributed by atoms with van der Waals surface area (Å²) < 4.78 is 2.03. The fraction of sp³-hybridized carbons (Fsp3) is 0.278. The fourth-order valence-corrected chi connectivity index (χ4v) is 2.03. The predicted octanol–water partition coefficient (Wildman–Crippen LogP) is 4.72. The maximum absolute atomic E-state index is 5.95. The van der Waals surface area contributed by atoms with Crippen molar-refractivity contribution in [1.29, 1.82) is 0 Å². The lowest BCUT2D eigenvalue weighted by atomic mass is 10.2. The van der Waals surface area contributed by atoms with Gasteiger partial charge in [-0.15, -0.1) is 0 Å². The summed E-state index contributed by atoms with van der Waals surface area (Å²) in [7, 11) is 0. The van der Waals surface area contributed by atoms with Gasteiger partial charge in [0.2, 0.25) is 5.95 Å². The average molecular weight is 283 g/mol. The van der Waals surface area contributed by atoms with Gasteiger partial charge in [-0.25, -0.2) is 4.98 Å². The molecule has 112 valence electrons. The van der Waals surface area contributed by atoms with Crippen molar-refractivity contribution in [2.24, 2.45) is 0 Å². The van der Waals surface area contributed by atoms with E-state index in [1.54, 1.807) is 0 Å². The monoisotopic (exact) mass is 283 g/mol. The molecule has 0 amide bonds. The minimum absolute atomic E-state index is 0.565. The number of nitrogen functional groups attached to an aromatic ring is 1. The SMILES string of the molecule is CC.CC.Nc1nc2ccccc2n1Cc1ccccc1. The molecule has 3 heteroatoms. The van der Waals surface area contributed by atoms with Gasteiger partial charge in [-0.3, -0.25) is 0 Å². The second-order valence-electron chi connectivity index (χ2n) is 4.03. The van der Waals surface area contributed by atoms with Crippen LogP contribution in [-0.2, 0) is 6.54 Å². The first kappa shape index (κ1) is 16.8. The summed E-state index contributed by atoms with van der Waals surface area (Å²) in [5.74, 6) is 0.565. The first-order chi connectivity index (χ1) is 10.3. The largest absolute Gasteiger partial charge is 0.369 e. The van der Waals surface area contributed by atoms with Crippen molar-refractivity contribution in [3.8, 4) is 0 Å². The lowest BCUT2D eigenvalue weighted by Crippen LogP contribution is -2.04. The molecule has 3 aromatic rings. The fourth-order valence-electron chi connectivity index (χ4n) is 2.03. The Bertz CT molecular complexity index is 642. The molecule has 0 saturated heterocycles. The van der Waals surface area contributed by atoms with Crippen LogP contribution in [0.2, 0.25) is 0 Å². The average Bonchev–Trinajstić information content (AvgIpc) is 2.88. The zero-order chi connectivity index (χ0) is 15.7. The van der Waals surface area contributed by atoms with E-state index in [-0.39, 0.29) is 0 Å². The third kappa shape index (κ3) is 4.09. The van der Waals surface area contributed by atoms with Gasteiger partial charge in [0.25, 0.3) is 0 Å². The highest BCUT2D eigenvalue weighted by Crippen LogP contribution is 2.18. The van der Waals surface area contributed by atoms with Crippen LogP contribution in [0.3, 0.4) is 0 Å². The summed E-state index contributed by atoms with van der Waals surface area (Å²) in [6, 6.07) is 18.3. The van der Waals surface area contributed by atoms with E-state index in [2.05, 4.69) is 17.1 Å². The van der Waals surface area contributed by atoms with Crippen LogP contribution in [-0.4, -0.2) is 9.55 Å². The van der Waals surface area contributed by atoms with E-state index in [1.165, 1.54) is 5.56 Å². The molecule has 0 aliphatic heterocycles. The highest BCUT2D eigenvalue weighted by atomic mass is 15.1. The second kappa shape index (κ2) is 8.80. The van der Waals surface area contributed by atoms with Crippen molar-refractivity contribution in [2.45, 2.75) is 34.2 Å². The van der Waals surface area contributed by atoms with Crippen molar-refractivity contribution >= 4 is 17.0 Å². The van der Waals surface area contributed by atoms with Gasteiger partial charge >= 0.3 is 0 Å². The maximum Gasteiger partial charge on any atom is 0.201 e. The molecule has 0 radical (unpaired) electrons. The number of hydrogen-bond donors (Lipinski definition) is 1. The number of anilines is 1. The van der Waals surface area contributed by atoms with Gasteiger partial charge in [0.15, 0.2) is 0 Å². The van der Waals surface area contributed by atoms with Crippen LogP contribution in [0.4, 0.5) is 5.95 Å². The molecular formula is C18H25N3. The zero-order valence-electron chi connectivity index (χ0n) is 13.4. The van der Waals surface area contributed by atoms with E-state index in [4.69, 9.17) is 5.73 Å². The third-order valence-corrected chi connectivity index (χ3v) is 2.87. The Balaban J connectivity index is 0.000000510. The summed E-state index contributed by atoms with van der Waals surface area (Å²) in [4.78, 5) is 4.35. The molecule has 0 unspecified atom stereocenters. The van der Waals surface area contributed by atoms with Crippen LogP contribution in [0.5, 0.6) is 0 Å². The summed E-state index contributed by atoms with van der Waals surface area (Å²) in [6.45, 7) is 8.76. The Morgan fingerprint density at radius 2 is 1.43 bits per heavy atom. The molecular weight excluding hydrogens is 258 g/mol.